The zero-order valence-corrected chi connectivity index (χ0v) is 11.2. The third-order valence-corrected chi connectivity index (χ3v) is 3.24. The summed E-state index contributed by atoms with van der Waals surface area (Å²) in [4.78, 5) is 35.0. The van der Waals surface area contributed by atoms with Gasteiger partial charge in [0.15, 0.2) is 0 Å². The van der Waals surface area contributed by atoms with E-state index in [1.165, 1.54) is 6.92 Å². The SMILES string of the molecule is CCOC(=O)CC1(C(C(C)=O)C(=O)OCC)CC1. The van der Waals surface area contributed by atoms with Crippen molar-refractivity contribution in [2.45, 2.75) is 40.0 Å². The van der Waals surface area contributed by atoms with Crippen LogP contribution in [0.5, 0.6) is 0 Å². The van der Waals surface area contributed by atoms with Crippen LogP contribution in [-0.2, 0) is 23.9 Å². The van der Waals surface area contributed by atoms with Crippen LogP contribution in [0.1, 0.15) is 40.0 Å². The number of Topliss-reactive ketones (excluding diaryl/α,β-unsaturated/α-hetero) is 1. The second-order valence-corrected chi connectivity index (χ2v) is 4.64. The largest absolute Gasteiger partial charge is 0.466 e. The van der Waals surface area contributed by atoms with Gasteiger partial charge in [-0.25, -0.2) is 0 Å². The molecule has 1 rings (SSSR count). The van der Waals surface area contributed by atoms with E-state index < -0.39 is 17.3 Å². The maximum absolute atomic E-state index is 11.8. The van der Waals surface area contributed by atoms with Gasteiger partial charge < -0.3 is 9.47 Å². The molecule has 0 aromatic heterocycles. The Morgan fingerprint density at radius 3 is 2.06 bits per heavy atom. The topological polar surface area (TPSA) is 69.7 Å². The molecule has 0 aromatic carbocycles. The predicted molar refractivity (Wildman–Crippen MR) is 63.7 cm³/mol. The molecule has 5 nitrogen and oxygen atoms in total. The summed E-state index contributed by atoms with van der Waals surface area (Å²) in [6.45, 7) is 5.33. The van der Waals surface area contributed by atoms with Crippen molar-refractivity contribution in [1.82, 2.24) is 0 Å². The van der Waals surface area contributed by atoms with Crippen molar-refractivity contribution in [3.63, 3.8) is 0 Å². The molecule has 1 aliphatic carbocycles. The Balaban J connectivity index is 2.76. The lowest BCUT2D eigenvalue weighted by molar-refractivity contribution is -0.155. The summed E-state index contributed by atoms with van der Waals surface area (Å²) < 4.78 is 9.81. The maximum Gasteiger partial charge on any atom is 0.317 e. The van der Waals surface area contributed by atoms with Gasteiger partial charge in [-0.3, -0.25) is 14.4 Å². The highest BCUT2D eigenvalue weighted by molar-refractivity contribution is 5.99. The molecule has 0 N–H and O–H groups in total. The molecule has 0 aromatic rings. The Hall–Kier alpha value is -1.39. The molecule has 1 fully saturated rings. The van der Waals surface area contributed by atoms with Gasteiger partial charge in [0.1, 0.15) is 11.7 Å². The summed E-state index contributed by atoms with van der Waals surface area (Å²) in [6, 6.07) is 0. The van der Waals surface area contributed by atoms with Gasteiger partial charge in [0.2, 0.25) is 0 Å². The van der Waals surface area contributed by atoms with Crippen molar-refractivity contribution < 1.29 is 23.9 Å². The van der Waals surface area contributed by atoms with Crippen LogP contribution >= 0.6 is 0 Å². The van der Waals surface area contributed by atoms with Gasteiger partial charge in [0.25, 0.3) is 0 Å². The second kappa shape index (κ2) is 5.98. The molecule has 0 radical (unpaired) electrons. The van der Waals surface area contributed by atoms with E-state index in [9.17, 15) is 14.4 Å². The lowest BCUT2D eigenvalue weighted by Gasteiger charge is -2.22. The summed E-state index contributed by atoms with van der Waals surface area (Å²) >= 11 is 0. The fourth-order valence-corrected chi connectivity index (χ4v) is 2.30. The van der Waals surface area contributed by atoms with Crippen LogP contribution in [0, 0.1) is 11.3 Å². The molecule has 1 saturated carbocycles. The first kappa shape index (κ1) is 14.7. The van der Waals surface area contributed by atoms with Gasteiger partial charge >= 0.3 is 11.9 Å². The summed E-state index contributed by atoms with van der Waals surface area (Å²) in [6.07, 6.45) is 1.49. The van der Waals surface area contributed by atoms with Crippen LogP contribution in [0.15, 0.2) is 0 Å². The number of rotatable bonds is 7. The summed E-state index contributed by atoms with van der Waals surface area (Å²) in [5.41, 5.74) is -0.565. The molecule has 1 aliphatic rings. The fraction of sp³-hybridized carbons (Fsp3) is 0.769. The van der Waals surface area contributed by atoms with Crippen molar-refractivity contribution in [3.05, 3.63) is 0 Å². The van der Waals surface area contributed by atoms with E-state index in [4.69, 9.17) is 9.47 Å². The molecule has 0 bridgehead atoms. The number of hydrogen-bond donors (Lipinski definition) is 0. The van der Waals surface area contributed by atoms with Gasteiger partial charge in [-0.2, -0.15) is 0 Å². The number of ketones is 1. The highest BCUT2D eigenvalue weighted by Gasteiger charge is 2.56. The molecule has 102 valence electrons. The highest BCUT2D eigenvalue weighted by Crippen LogP contribution is 2.55. The van der Waals surface area contributed by atoms with Crippen molar-refractivity contribution in [3.8, 4) is 0 Å². The Kier molecular flexibility index (Phi) is 4.87. The van der Waals surface area contributed by atoms with E-state index in [0.29, 0.717) is 19.4 Å². The standard InChI is InChI=1S/C13H20O5/c1-4-17-10(15)8-13(6-7-13)11(9(3)14)12(16)18-5-2/h11H,4-8H2,1-3H3. The predicted octanol–water partition coefficient (Wildman–Crippen LogP) is 1.49. The first-order chi connectivity index (χ1) is 8.46. The molecule has 1 unspecified atom stereocenters. The molecule has 0 aliphatic heterocycles. The normalized spacial score (nSPS) is 17.7. The van der Waals surface area contributed by atoms with Crippen LogP contribution < -0.4 is 0 Å². The summed E-state index contributed by atoms with van der Waals surface area (Å²) in [5, 5.41) is 0. The Bertz CT molecular complexity index is 343. The van der Waals surface area contributed by atoms with E-state index in [-0.39, 0.29) is 24.8 Å². The lowest BCUT2D eigenvalue weighted by Crippen LogP contribution is -2.34. The first-order valence-electron chi connectivity index (χ1n) is 6.29. The monoisotopic (exact) mass is 256 g/mol. The maximum atomic E-state index is 11.8. The van der Waals surface area contributed by atoms with Gasteiger partial charge in [-0.15, -0.1) is 0 Å². The van der Waals surface area contributed by atoms with Gasteiger partial charge in [-0.1, -0.05) is 0 Å². The molecule has 1 atom stereocenters. The Morgan fingerprint density at radius 2 is 1.67 bits per heavy atom. The minimum atomic E-state index is -0.832. The number of esters is 2. The first-order valence-corrected chi connectivity index (χ1v) is 6.29. The van der Waals surface area contributed by atoms with Crippen LogP contribution in [0.4, 0.5) is 0 Å². The zero-order chi connectivity index (χ0) is 13.8. The number of ether oxygens (including phenoxy) is 2. The van der Waals surface area contributed by atoms with E-state index >= 15 is 0 Å². The van der Waals surface area contributed by atoms with Crippen LogP contribution in [0.25, 0.3) is 0 Å². The highest BCUT2D eigenvalue weighted by atomic mass is 16.5. The molecule has 0 heterocycles. The molecular formula is C13H20O5. The van der Waals surface area contributed by atoms with Crippen molar-refractivity contribution in [2.24, 2.45) is 11.3 Å². The minimum absolute atomic E-state index is 0.115. The van der Waals surface area contributed by atoms with Crippen LogP contribution in [0.2, 0.25) is 0 Å². The van der Waals surface area contributed by atoms with Crippen LogP contribution in [-0.4, -0.2) is 30.9 Å². The molecule has 0 spiro atoms. The van der Waals surface area contributed by atoms with Gasteiger partial charge in [0, 0.05) is 5.41 Å². The van der Waals surface area contributed by atoms with Gasteiger partial charge in [0.05, 0.1) is 19.6 Å². The third-order valence-electron chi connectivity index (χ3n) is 3.24. The average molecular weight is 256 g/mol. The van der Waals surface area contributed by atoms with Crippen molar-refractivity contribution in [2.75, 3.05) is 13.2 Å². The zero-order valence-electron chi connectivity index (χ0n) is 11.2. The van der Waals surface area contributed by atoms with Crippen molar-refractivity contribution in [1.29, 1.82) is 0 Å². The smallest absolute Gasteiger partial charge is 0.317 e. The molecule has 0 amide bonds. The number of carbonyl (C=O) groups is 3. The summed E-state index contributed by atoms with van der Waals surface area (Å²) in [5.74, 6) is -1.95. The van der Waals surface area contributed by atoms with E-state index in [0.717, 1.165) is 0 Å². The summed E-state index contributed by atoms with van der Waals surface area (Å²) in [7, 11) is 0. The minimum Gasteiger partial charge on any atom is -0.466 e. The van der Waals surface area contributed by atoms with E-state index in [2.05, 4.69) is 0 Å². The number of carbonyl (C=O) groups excluding carboxylic acids is 3. The Labute approximate surface area is 107 Å². The molecular weight excluding hydrogens is 236 g/mol. The fourth-order valence-electron chi connectivity index (χ4n) is 2.30. The van der Waals surface area contributed by atoms with Crippen LogP contribution in [0.3, 0.4) is 0 Å². The molecule has 18 heavy (non-hydrogen) atoms. The third kappa shape index (κ3) is 3.31. The van der Waals surface area contributed by atoms with E-state index in [1.807, 2.05) is 0 Å². The molecule has 0 saturated heterocycles. The van der Waals surface area contributed by atoms with Crippen molar-refractivity contribution >= 4 is 17.7 Å². The lowest BCUT2D eigenvalue weighted by atomic mass is 9.83. The van der Waals surface area contributed by atoms with Gasteiger partial charge in [-0.05, 0) is 33.6 Å². The van der Waals surface area contributed by atoms with E-state index in [1.54, 1.807) is 13.8 Å². The second-order valence-electron chi connectivity index (χ2n) is 4.64. The quantitative estimate of drug-likeness (QED) is 0.510. The molecule has 5 heteroatoms. The Morgan fingerprint density at radius 1 is 1.11 bits per heavy atom. The number of hydrogen-bond acceptors (Lipinski definition) is 5. The average Bonchev–Trinajstić information content (AvgIpc) is 2.98.